The van der Waals surface area contributed by atoms with Crippen molar-refractivity contribution in [1.82, 2.24) is 14.5 Å². The maximum Gasteiger partial charge on any atom is 0.160 e. The van der Waals surface area contributed by atoms with Gasteiger partial charge in [0.2, 0.25) is 0 Å². The summed E-state index contributed by atoms with van der Waals surface area (Å²) < 4.78 is 12.6. The molecule has 110 valence electrons. The molecule has 0 fully saturated rings. The molecule has 20 heavy (non-hydrogen) atoms. The lowest BCUT2D eigenvalue weighted by Crippen LogP contribution is -2.25. The fourth-order valence-corrected chi connectivity index (χ4v) is 2.36. The van der Waals surface area contributed by atoms with Gasteiger partial charge in [0, 0.05) is 20.4 Å². The topological polar surface area (TPSA) is 49.2 Å². The van der Waals surface area contributed by atoms with E-state index in [1.807, 2.05) is 30.7 Å². The molecule has 0 saturated carbocycles. The number of fused-ring (bicyclic) bond motifs is 1. The first-order valence-electron chi connectivity index (χ1n) is 6.55. The van der Waals surface area contributed by atoms with Crippen LogP contribution in [0.2, 0.25) is 0 Å². The van der Waals surface area contributed by atoms with E-state index in [1.165, 1.54) is 0 Å². The largest absolute Gasteiger partial charge is 0.382 e. The Morgan fingerprint density at radius 3 is 2.75 bits per heavy atom. The number of rotatable bonds is 6. The molecule has 0 spiro atoms. The van der Waals surface area contributed by atoms with Crippen molar-refractivity contribution in [3.05, 3.63) is 23.7 Å². The number of methoxy groups -OCH3 is 2. The third-order valence-corrected chi connectivity index (χ3v) is 3.37. The Balaban J connectivity index is 2.45. The van der Waals surface area contributed by atoms with E-state index in [-0.39, 0.29) is 11.5 Å². The fraction of sp³-hybridized carbons (Fsp3) is 0.571. The molecule has 0 radical (unpaired) electrons. The molecule has 0 bridgehead atoms. The van der Waals surface area contributed by atoms with E-state index >= 15 is 0 Å². The Hall–Kier alpha value is -1.17. The molecule has 0 saturated heterocycles. The van der Waals surface area contributed by atoms with Gasteiger partial charge in [0.1, 0.15) is 11.3 Å². The summed E-state index contributed by atoms with van der Waals surface area (Å²) in [6.07, 6.45) is 1.77. The van der Waals surface area contributed by atoms with Crippen LogP contribution < -0.4 is 0 Å². The normalized spacial score (nSPS) is 14.7. The summed E-state index contributed by atoms with van der Waals surface area (Å²) in [7, 11) is 3.33. The van der Waals surface area contributed by atoms with Crippen LogP contribution >= 0.6 is 11.6 Å². The number of nitrogens with zero attached hydrogens (tertiary/aromatic N) is 3. The number of aryl methyl sites for hydroxylation is 1. The Morgan fingerprint density at radius 1 is 1.40 bits per heavy atom. The van der Waals surface area contributed by atoms with E-state index in [1.54, 1.807) is 14.2 Å². The standard InChI is InChI=1S/C14H20ClN3O2/c1-9-5-12-14(16-6-9)18(13(17-12)10(2)15)7-11(20-4)8-19-3/h5-6,10-11H,7-8H2,1-4H3. The van der Waals surface area contributed by atoms with E-state index < -0.39 is 0 Å². The number of alkyl halides is 1. The number of halogens is 1. The van der Waals surface area contributed by atoms with Gasteiger partial charge in [0.15, 0.2) is 5.65 Å². The number of hydrogen-bond acceptors (Lipinski definition) is 4. The van der Waals surface area contributed by atoms with Gasteiger partial charge in [-0.05, 0) is 25.5 Å². The monoisotopic (exact) mass is 297 g/mol. The van der Waals surface area contributed by atoms with Crippen molar-refractivity contribution < 1.29 is 9.47 Å². The van der Waals surface area contributed by atoms with Gasteiger partial charge in [-0.1, -0.05) is 0 Å². The molecule has 5 nitrogen and oxygen atoms in total. The zero-order chi connectivity index (χ0) is 14.7. The van der Waals surface area contributed by atoms with Crippen LogP contribution in [0.1, 0.15) is 23.7 Å². The van der Waals surface area contributed by atoms with Crippen molar-refractivity contribution in [2.45, 2.75) is 31.9 Å². The van der Waals surface area contributed by atoms with Crippen LogP contribution in [0, 0.1) is 6.92 Å². The van der Waals surface area contributed by atoms with Crippen molar-refractivity contribution in [3.63, 3.8) is 0 Å². The first-order valence-corrected chi connectivity index (χ1v) is 6.99. The number of imidazole rings is 1. The van der Waals surface area contributed by atoms with Gasteiger partial charge in [0.05, 0.1) is 24.6 Å². The highest BCUT2D eigenvalue weighted by Gasteiger charge is 2.19. The van der Waals surface area contributed by atoms with Crippen LogP contribution in [-0.4, -0.2) is 41.5 Å². The van der Waals surface area contributed by atoms with Crippen molar-refractivity contribution in [1.29, 1.82) is 0 Å². The van der Waals surface area contributed by atoms with Crippen LogP contribution in [0.15, 0.2) is 12.3 Å². The summed E-state index contributed by atoms with van der Waals surface area (Å²) in [5.41, 5.74) is 2.77. The number of pyridine rings is 1. The van der Waals surface area contributed by atoms with Gasteiger partial charge in [-0.25, -0.2) is 9.97 Å². The zero-order valence-electron chi connectivity index (χ0n) is 12.3. The van der Waals surface area contributed by atoms with Gasteiger partial charge in [-0.2, -0.15) is 0 Å². The van der Waals surface area contributed by atoms with Crippen molar-refractivity contribution in [2.24, 2.45) is 0 Å². The molecule has 2 rings (SSSR count). The summed E-state index contributed by atoms with van der Waals surface area (Å²) in [6.45, 7) is 5.03. The predicted molar refractivity (Wildman–Crippen MR) is 79.2 cm³/mol. The van der Waals surface area contributed by atoms with Crippen molar-refractivity contribution in [2.75, 3.05) is 20.8 Å². The summed E-state index contributed by atoms with van der Waals surface area (Å²) in [6, 6.07) is 2.01. The van der Waals surface area contributed by atoms with Crippen LogP contribution in [-0.2, 0) is 16.0 Å². The highest BCUT2D eigenvalue weighted by atomic mass is 35.5. The number of hydrogen-bond donors (Lipinski definition) is 0. The average Bonchev–Trinajstić information content (AvgIpc) is 2.76. The molecular weight excluding hydrogens is 278 g/mol. The maximum absolute atomic E-state index is 6.24. The molecular formula is C14H20ClN3O2. The SMILES string of the molecule is COCC(Cn1c(C(C)Cl)nc2cc(C)cnc21)OC. The molecule has 2 atom stereocenters. The first kappa shape index (κ1) is 15.2. The van der Waals surface area contributed by atoms with E-state index in [0.29, 0.717) is 13.2 Å². The van der Waals surface area contributed by atoms with Crippen LogP contribution in [0.5, 0.6) is 0 Å². The zero-order valence-corrected chi connectivity index (χ0v) is 13.0. The van der Waals surface area contributed by atoms with E-state index in [4.69, 9.17) is 21.1 Å². The van der Waals surface area contributed by atoms with Crippen molar-refractivity contribution >= 4 is 22.8 Å². The van der Waals surface area contributed by atoms with Gasteiger partial charge in [0.25, 0.3) is 0 Å². The molecule has 2 aromatic heterocycles. The van der Waals surface area contributed by atoms with Gasteiger partial charge >= 0.3 is 0 Å². The minimum atomic E-state index is -0.190. The van der Waals surface area contributed by atoms with Gasteiger partial charge < -0.3 is 14.0 Å². The van der Waals surface area contributed by atoms with Crippen LogP contribution in [0.3, 0.4) is 0 Å². The molecule has 2 heterocycles. The lowest BCUT2D eigenvalue weighted by atomic mass is 10.3. The Bertz CT molecular complexity index is 583. The lowest BCUT2D eigenvalue weighted by Gasteiger charge is -2.17. The van der Waals surface area contributed by atoms with Crippen molar-refractivity contribution in [3.8, 4) is 0 Å². The fourth-order valence-electron chi connectivity index (χ4n) is 2.20. The number of ether oxygens (including phenoxy) is 2. The second kappa shape index (κ2) is 6.52. The van der Waals surface area contributed by atoms with E-state index in [0.717, 1.165) is 22.6 Å². The molecule has 0 aromatic carbocycles. The molecule has 0 aliphatic heterocycles. The Morgan fingerprint density at radius 2 is 2.15 bits per heavy atom. The Kier molecular flexibility index (Phi) is 4.96. The molecule has 0 aliphatic rings. The molecule has 0 amide bonds. The van der Waals surface area contributed by atoms with Gasteiger partial charge in [-0.3, -0.25) is 0 Å². The maximum atomic E-state index is 6.24. The molecule has 0 N–H and O–H groups in total. The van der Waals surface area contributed by atoms with Crippen LogP contribution in [0.25, 0.3) is 11.2 Å². The first-order chi connectivity index (χ1) is 9.56. The van der Waals surface area contributed by atoms with Gasteiger partial charge in [-0.15, -0.1) is 11.6 Å². The third kappa shape index (κ3) is 3.11. The molecule has 2 unspecified atom stereocenters. The predicted octanol–water partition coefficient (Wildman–Crippen LogP) is 2.70. The summed E-state index contributed by atoms with van der Waals surface area (Å²) in [4.78, 5) is 9.07. The summed E-state index contributed by atoms with van der Waals surface area (Å²) >= 11 is 6.24. The van der Waals surface area contributed by atoms with Crippen LogP contribution in [0.4, 0.5) is 0 Å². The highest BCUT2D eigenvalue weighted by Crippen LogP contribution is 2.24. The highest BCUT2D eigenvalue weighted by molar-refractivity contribution is 6.20. The minimum Gasteiger partial charge on any atom is -0.382 e. The van der Waals surface area contributed by atoms with E-state index in [9.17, 15) is 0 Å². The summed E-state index contributed by atoms with van der Waals surface area (Å²) in [5, 5.41) is -0.190. The average molecular weight is 298 g/mol. The minimum absolute atomic E-state index is 0.0605. The molecule has 0 aliphatic carbocycles. The molecule has 6 heteroatoms. The number of aromatic nitrogens is 3. The quantitative estimate of drug-likeness (QED) is 0.769. The second-order valence-corrected chi connectivity index (χ2v) is 5.52. The third-order valence-electron chi connectivity index (χ3n) is 3.18. The smallest absolute Gasteiger partial charge is 0.160 e. The second-order valence-electron chi connectivity index (χ2n) is 4.87. The van der Waals surface area contributed by atoms with E-state index in [2.05, 4.69) is 9.97 Å². The summed E-state index contributed by atoms with van der Waals surface area (Å²) in [5.74, 6) is 0.804. The lowest BCUT2D eigenvalue weighted by molar-refractivity contribution is 0.0185. The molecule has 2 aromatic rings. The Labute approximate surface area is 123 Å².